The minimum absolute atomic E-state index is 0.0621. The van der Waals surface area contributed by atoms with E-state index in [0.717, 1.165) is 48.1 Å². The van der Waals surface area contributed by atoms with Gasteiger partial charge in [-0.25, -0.2) is 0 Å². The third-order valence-corrected chi connectivity index (χ3v) is 3.88. The Bertz CT molecular complexity index is 482. The zero-order valence-corrected chi connectivity index (χ0v) is 12.0. The van der Waals surface area contributed by atoms with Crippen molar-refractivity contribution in [2.24, 2.45) is 0 Å². The van der Waals surface area contributed by atoms with Crippen LogP contribution in [-0.4, -0.2) is 11.0 Å². The summed E-state index contributed by atoms with van der Waals surface area (Å²) in [7, 11) is 0. The molecule has 1 amide bonds. The summed E-state index contributed by atoms with van der Waals surface area (Å²) < 4.78 is 0. The van der Waals surface area contributed by atoms with Crippen molar-refractivity contribution in [3.8, 4) is 0 Å². The van der Waals surface area contributed by atoms with E-state index in [1.807, 2.05) is 19.9 Å². The minimum Gasteiger partial charge on any atom is -0.388 e. The molecule has 0 fully saturated rings. The molecule has 2 rings (SSSR count). The number of fused-ring (bicyclic) bond motifs is 1. The Morgan fingerprint density at radius 1 is 1.37 bits per heavy atom. The first-order chi connectivity index (χ1) is 9.08. The number of rotatable bonds is 5. The van der Waals surface area contributed by atoms with Crippen LogP contribution in [0.4, 0.5) is 5.69 Å². The van der Waals surface area contributed by atoms with Crippen molar-refractivity contribution in [2.75, 3.05) is 5.32 Å². The molecule has 104 valence electrons. The molecule has 1 heterocycles. The highest BCUT2D eigenvalue weighted by Gasteiger charge is 2.32. The molecular weight excluding hydrogens is 238 g/mol. The van der Waals surface area contributed by atoms with E-state index in [-0.39, 0.29) is 11.8 Å². The molecule has 0 radical (unpaired) electrons. The van der Waals surface area contributed by atoms with Crippen LogP contribution in [0.25, 0.3) is 0 Å². The quantitative estimate of drug-likeness (QED) is 0.849. The van der Waals surface area contributed by atoms with Gasteiger partial charge in [-0.15, -0.1) is 0 Å². The van der Waals surface area contributed by atoms with Gasteiger partial charge < -0.3 is 10.4 Å². The normalized spacial score (nSPS) is 19.2. The molecule has 3 nitrogen and oxygen atoms in total. The molecule has 0 saturated carbocycles. The van der Waals surface area contributed by atoms with Gasteiger partial charge in [-0.3, -0.25) is 4.79 Å². The average Bonchev–Trinajstić information content (AvgIpc) is 2.70. The van der Waals surface area contributed by atoms with Crippen LogP contribution in [0.5, 0.6) is 0 Å². The monoisotopic (exact) mass is 261 g/mol. The van der Waals surface area contributed by atoms with E-state index in [9.17, 15) is 9.90 Å². The molecule has 1 aromatic carbocycles. The number of hydrogen-bond donors (Lipinski definition) is 2. The van der Waals surface area contributed by atoms with E-state index >= 15 is 0 Å². The SMILES string of the molecule is CCCCC(O)c1cc(C)cc2c1NC(=O)C2CC. The first-order valence-electron chi connectivity index (χ1n) is 7.21. The lowest BCUT2D eigenvalue weighted by atomic mass is 9.92. The van der Waals surface area contributed by atoms with E-state index in [1.165, 1.54) is 0 Å². The van der Waals surface area contributed by atoms with Crippen LogP contribution >= 0.6 is 0 Å². The Labute approximate surface area is 115 Å². The van der Waals surface area contributed by atoms with Crippen molar-refractivity contribution < 1.29 is 9.90 Å². The summed E-state index contributed by atoms with van der Waals surface area (Å²) in [6.07, 6.45) is 3.13. The molecule has 1 aromatic rings. The van der Waals surface area contributed by atoms with Crippen LogP contribution < -0.4 is 5.32 Å². The molecule has 2 atom stereocenters. The number of nitrogens with one attached hydrogen (secondary N) is 1. The van der Waals surface area contributed by atoms with Crippen molar-refractivity contribution >= 4 is 11.6 Å². The fourth-order valence-corrected chi connectivity index (χ4v) is 2.84. The standard InChI is InChI=1S/C16H23NO2/c1-4-6-7-14(18)13-9-10(3)8-12-11(5-2)16(19)17-15(12)13/h8-9,11,14,18H,4-7H2,1-3H3,(H,17,19). The van der Waals surface area contributed by atoms with Gasteiger partial charge in [0.2, 0.25) is 5.91 Å². The Kier molecular flexibility index (Phi) is 4.25. The van der Waals surface area contributed by atoms with Gasteiger partial charge in [0.15, 0.2) is 0 Å². The van der Waals surface area contributed by atoms with Gasteiger partial charge in [-0.05, 0) is 25.3 Å². The number of aliphatic hydroxyl groups excluding tert-OH is 1. The van der Waals surface area contributed by atoms with Crippen LogP contribution in [0, 0.1) is 6.92 Å². The molecule has 1 aliphatic rings. The maximum absolute atomic E-state index is 12.0. The summed E-state index contributed by atoms with van der Waals surface area (Å²) in [4.78, 5) is 12.0. The zero-order chi connectivity index (χ0) is 14.0. The number of aryl methyl sites for hydroxylation is 1. The Morgan fingerprint density at radius 3 is 2.74 bits per heavy atom. The van der Waals surface area contributed by atoms with Crippen LogP contribution in [0.1, 0.15) is 68.2 Å². The topological polar surface area (TPSA) is 49.3 Å². The van der Waals surface area contributed by atoms with E-state index in [0.29, 0.717) is 0 Å². The highest BCUT2D eigenvalue weighted by Crippen LogP contribution is 2.40. The molecule has 2 N–H and O–H groups in total. The second-order valence-electron chi connectivity index (χ2n) is 5.43. The van der Waals surface area contributed by atoms with Gasteiger partial charge in [-0.2, -0.15) is 0 Å². The molecular formula is C16H23NO2. The van der Waals surface area contributed by atoms with E-state index in [1.54, 1.807) is 0 Å². The molecule has 0 spiro atoms. The van der Waals surface area contributed by atoms with E-state index in [4.69, 9.17) is 0 Å². The number of amides is 1. The highest BCUT2D eigenvalue weighted by atomic mass is 16.3. The lowest BCUT2D eigenvalue weighted by molar-refractivity contribution is -0.117. The minimum atomic E-state index is -0.482. The maximum atomic E-state index is 12.0. The van der Waals surface area contributed by atoms with Crippen molar-refractivity contribution in [1.82, 2.24) is 0 Å². The van der Waals surface area contributed by atoms with Gasteiger partial charge in [-0.1, -0.05) is 44.4 Å². The Hall–Kier alpha value is -1.35. The summed E-state index contributed by atoms with van der Waals surface area (Å²) in [5.41, 5.74) is 3.90. The molecule has 0 bridgehead atoms. The molecule has 3 heteroatoms. The van der Waals surface area contributed by atoms with Gasteiger partial charge in [0.05, 0.1) is 17.7 Å². The third kappa shape index (κ3) is 2.66. The van der Waals surface area contributed by atoms with Crippen LogP contribution in [-0.2, 0) is 4.79 Å². The lowest BCUT2D eigenvalue weighted by Gasteiger charge is -2.16. The van der Waals surface area contributed by atoms with Crippen molar-refractivity contribution in [2.45, 2.75) is 58.5 Å². The smallest absolute Gasteiger partial charge is 0.232 e. The van der Waals surface area contributed by atoms with Crippen LogP contribution in [0.3, 0.4) is 0 Å². The fraction of sp³-hybridized carbons (Fsp3) is 0.562. The number of benzene rings is 1. The van der Waals surface area contributed by atoms with Gasteiger partial charge in [0, 0.05) is 5.56 Å². The average molecular weight is 261 g/mol. The molecule has 0 saturated heterocycles. The second kappa shape index (κ2) is 5.74. The van der Waals surface area contributed by atoms with E-state index in [2.05, 4.69) is 18.3 Å². The number of aliphatic hydroxyl groups is 1. The number of hydrogen-bond acceptors (Lipinski definition) is 2. The van der Waals surface area contributed by atoms with Crippen LogP contribution in [0.15, 0.2) is 12.1 Å². The Balaban J connectivity index is 2.39. The predicted molar refractivity (Wildman–Crippen MR) is 77.3 cm³/mol. The van der Waals surface area contributed by atoms with Gasteiger partial charge in [0.25, 0.3) is 0 Å². The second-order valence-corrected chi connectivity index (χ2v) is 5.43. The van der Waals surface area contributed by atoms with E-state index < -0.39 is 6.10 Å². The highest BCUT2D eigenvalue weighted by molar-refractivity contribution is 6.03. The van der Waals surface area contributed by atoms with Gasteiger partial charge >= 0.3 is 0 Å². The molecule has 19 heavy (non-hydrogen) atoms. The first-order valence-corrected chi connectivity index (χ1v) is 7.21. The summed E-state index contributed by atoms with van der Waals surface area (Å²) in [5, 5.41) is 13.3. The van der Waals surface area contributed by atoms with Crippen molar-refractivity contribution in [1.29, 1.82) is 0 Å². The molecule has 0 aromatic heterocycles. The number of carbonyl (C=O) groups is 1. The van der Waals surface area contributed by atoms with Crippen molar-refractivity contribution in [3.05, 3.63) is 28.8 Å². The Morgan fingerprint density at radius 2 is 2.11 bits per heavy atom. The summed E-state index contributed by atoms with van der Waals surface area (Å²) in [6.45, 7) is 6.16. The zero-order valence-electron chi connectivity index (χ0n) is 12.0. The largest absolute Gasteiger partial charge is 0.388 e. The summed E-state index contributed by atoms with van der Waals surface area (Å²) in [5.74, 6) is -0.000864. The molecule has 2 unspecified atom stereocenters. The number of carbonyl (C=O) groups excluding carboxylic acids is 1. The summed E-state index contributed by atoms with van der Waals surface area (Å²) >= 11 is 0. The van der Waals surface area contributed by atoms with Gasteiger partial charge in [0.1, 0.15) is 0 Å². The number of unbranched alkanes of at least 4 members (excludes halogenated alkanes) is 1. The predicted octanol–water partition coefficient (Wildman–Crippen LogP) is 3.66. The molecule has 0 aliphatic carbocycles. The lowest BCUT2D eigenvalue weighted by Crippen LogP contribution is -2.11. The third-order valence-electron chi connectivity index (χ3n) is 3.88. The van der Waals surface area contributed by atoms with Crippen molar-refractivity contribution in [3.63, 3.8) is 0 Å². The molecule has 1 aliphatic heterocycles. The fourth-order valence-electron chi connectivity index (χ4n) is 2.84. The first kappa shape index (κ1) is 14.1. The maximum Gasteiger partial charge on any atom is 0.232 e. The van der Waals surface area contributed by atoms with Crippen LogP contribution in [0.2, 0.25) is 0 Å². The summed E-state index contributed by atoms with van der Waals surface area (Å²) in [6, 6.07) is 4.06. The number of anilines is 1.